The first-order valence-corrected chi connectivity index (χ1v) is 24.9. The van der Waals surface area contributed by atoms with Crippen molar-refractivity contribution >= 4 is 54.4 Å². The molecule has 4 N–H and O–H groups in total. The monoisotopic (exact) mass is 946 g/mol. The number of hydrogen-bond donors (Lipinski definition) is 4. The van der Waals surface area contributed by atoms with Gasteiger partial charge in [0, 0.05) is 65.3 Å². The molecule has 0 spiro atoms. The molecule has 2 saturated heterocycles. The van der Waals surface area contributed by atoms with Crippen LogP contribution in [0.2, 0.25) is 0 Å². The van der Waals surface area contributed by atoms with Gasteiger partial charge >= 0.3 is 0 Å². The average Bonchev–Trinajstić information content (AvgIpc) is 3.93. The highest BCUT2D eigenvalue weighted by Crippen LogP contribution is 2.43. The van der Waals surface area contributed by atoms with E-state index in [-0.39, 0.29) is 34.6 Å². The lowest BCUT2D eigenvalue weighted by molar-refractivity contribution is 0.103. The largest absolute Gasteiger partial charge is 0.508 e. The highest BCUT2D eigenvalue weighted by Gasteiger charge is 2.24. The molecule has 2 fully saturated rings. The van der Waals surface area contributed by atoms with E-state index < -0.39 is 0 Å². The van der Waals surface area contributed by atoms with Gasteiger partial charge in [0.1, 0.15) is 47.7 Å². The van der Waals surface area contributed by atoms with Crippen molar-refractivity contribution in [3.63, 3.8) is 0 Å². The molecular formula is C56H54N2O8S2. The molecule has 2 aromatic heterocycles. The predicted molar refractivity (Wildman–Crippen MR) is 273 cm³/mol. The summed E-state index contributed by atoms with van der Waals surface area (Å²) in [4.78, 5) is 33.8. The van der Waals surface area contributed by atoms with E-state index in [1.807, 2.05) is 48.5 Å². The molecular weight excluding hydrogens is 893 g/mol. The number of ketones is 2. The van der Waals surface area contributed by atoms with Crippen molar-refractivity contribution in [2.75, 3.05) is 52.5 Å². The number of hydrogen-bond acceptors (Lipinski definition) is 12. The molecule has 348 valence electrons. The third-order valence-electron chi connectivity index (χ3n) is 12.5. The Bertz CT molecular complexity index is 2780. The van der Waals surface area contributed by atoms with Gasteiger partial charge in [-0.3, -0.25) is 19.4 Å². The van der Waals surface area contributed by atoms with Crippen molar-refractivity contribution in [2.45, 2.75) is 38.5 Å². The van der Waals surface area contributed by atoms with E-state index in [0.717, 1.165) is 91.8 Å². The average molecular weight is 947 g/mol. The molecule has 0 bridgehead atoms. The number of benzene rings is 6. The summed E-state index contributed by atoms with van der Waals surface area (Å²) in [7, 11) is 0. The zero-order valence-corrected chi connectivity index (χ0v) is 39.4. The molecule has 10 rings (SSSR count). The molecule has 2 aliphatic rings. The number of phenols is 4. The molecule has 0 atom stereocenters. The Hall–Kier alpha value is -6.70. The molecule has 2 aliphatic heterocycles. The first-order valence-electron chi connectivity index (χ1n) is 23.3. The summed E-state index contributed by atoms with van der Waals surface area (Å²) in [5.41, 5.74) is 4.06. The minimum atomic E-state index is -0.0834. The Labute approximate surface area is 403 Å². The van der Waals surface area contributed by atoms with Crippen molar-refractivity contribution in [3.8, 4) is 55.4 Å². The number of thiophene rings is 2. The normalized spacial score (nSPS) is 14.4. The van der Waals surface area contributed by atoms with E-state index in [0.29, 0.717) is 35.5 Å². The van der Waals surface area contributed by atoms with Crippen LogP contribution < -0.4 is 9.47 Å². The molecule has 0 saturated carbocycles. The van der Waals surface area contributed by atoms with Crippen molar-refractivity contribution in [3.05, 3.63) is 156 Å². The molecule has 0 aliphatic carbocycles. The number of fused-ring (bicyclic) bond motifs is 2. The SMILES string of the molecule is O=C(c1ccc(OCCN2CCCCC2)cc1)c1c(-c2ccc(O)cc2)sc2cc(O)ccc12.O=C(c1ccc(OCCN2CCCCC2)cc1)c1c(-c2ccc(O)cc2)sc2cc(O)ccc12. The van der Waals surface area contributed by atoms with Gasteiger partial charge in [-0.25, -0.2) is 0 Å². The third kappa shape index (κ3) is 11.0. The third-order valence-corrected chi connectivity index (χ3v) is 14.9. The van der Waals surface area contributed by atoms with Gasteiger partial charge in [0.15, 0.2) is 11.6 Å². The summed E-state index contributed by atoms with van der Waals surface area (Å²) in [5.74, 6) is 2.02. The Morgan fingerprint density at radius 3 is 1.16 bits per heavy atom. The second kappa shape index (κ2) is 21.5. The Morgan fingerprint density at radius 2 is 0.794 bits per heavy atom. The summed E-state index contributed by atoms with van der Waals surface area (Å²) in [5, 5.41) is 40.9. The minimum Gasteiger partial charge on any atom is -0.508 e. The standard InChI is InChI=1S/2C28H27NO4S/c2*30-21-8-4-20(5-9-21)28-26(24-13-10-22(31)18-25(24)34-28)27(32)19-6-11-23(12-7-19)33-17-16-29-14-2-1-3-15-29/h2*4-13,18,30-31H,1-3,14-17H2. The van der Waals surface area contributed by atoms with E-state index in [9.17, 15) is 30.0 Å². The molecule has 12 heteroatoms. The zero-order valence-electron chi connectivity index (χ0n) is 37.7. The molecule has 6 aromatic carbocycles. The summed E-state index contributed by atoms with van der Waals surface area (Å²) in [6.45, 7) is 7.70. The van der Waals surface area contributed by atoms with Crippen molar-refractivity contribution in [2.24, 2.45) is 0 Å². The quantitative estimate of drug-likeness (QED) is 0.0779. The fourth-order valence-corrected chi connectivity index (χ4v) is 11.4. The maximum Gasteiger partial charge on any atom is 0.195 e. The van der Waals surface area contributed by atoms with E-state index in [1.165, 1.54) is 61.2 Å². The van der Waals surface area contributed by atoms with Crippen LogP contribution >= 0.6 is 22.7 Å². The summed E-state index contributed by atoms with van der Waals surface area (Å²) in [6, 6.07) is 38.4. The summed E-state index contributed by atoms with van der Waals surface area (Å²) in [6.07, 6.45) is 7.70. The molecule has 0 radical (unpaired) electrons. The fourth-order valence-electron chi connectivity index (χ4n) is 8.90. The number of nitrogens with zero attached hydrogens (tertiary/aromatic N) is 2. The van der Waals surface area contributed by atoms with Crippen LogP contribution in [0.15, 0.2) is 133 Å². The highest BCUT2D eigenvalue weighted by atomic mass is 32.1. The van der Waals surface area contributed by atoms with Gasteiger partial charge in [0.2, 0.25) is 0 Å². The van der Waals surface area contributed by atoms with Crippen LogP contribution in [0.5, 0.6) is 34.5 Å². The number of aromatic hydroxyl groups is 4. The second-order valence-corrected chi connectivity index (χ2v) is 19.4. The van der Waals surface area contributed by atoms with Gasteiger partial charge in [0.05, 0.1) is 0 Å². The Morgan fingerprint density at radius 1 is 0.441 bits per heavy atom. The van der Waals surface area contributed by atoms with E-state index in [4.69, 9.17) is 9.47 Å². The number of carbonyl (C=O) groups excluding carboxylic acids is 2. The van der Waals surface area contributed by atoms with E-state index in [1.54, 1.807) is 84.9 Å². The molecule has 0 unspecified atom stereocenters. The molecule has 68 heavy (non-hydrogen) atoms. The van der Waals surface area contributed by atoms with Crippen molar-refractivity contribution in [1.29, 1.82) is 0 Å². The van der Waals surface area contributed by atoms with Crippen molar-refractivity contribution in [1.82, 2.24) is 9.80 Å². The topological polar surface area (TPSA) is 140 Å². The number of phenolic OH excluding ortho intramolecular Hbond substituents is 4. The summed E-state index contributed by atoms with van der Waals surface area (Å²) >= 11 is 2.91. The maximum atomic E-state index is 13.6. The van der Waals surface area contributed by atoms with Gasteiger partial charge in [-0.05, 0) is 196 Å². The number of rotatable bonds is 14. The van der Waals surface area contributed by atoms with Gasteiger partial charge < -0.3 is 29.9 Å². The molecule has 0 amide bonds. The minimum absolute atomic E-state index is 0.0834. The van der Waals surface area contributed by atoms with Crippen LogP contribution in [-0.4, -0.2) is 94.3 Å². The van der Waals surface area contributed by atoms with Crippen LogP contribution in [-0.2, 0) is 0 Å². The van der Waals surface area contributed by atoms with Crippen LogP contribution in [0.25, 0.3) is 41.1 Å². The van der Waals surface area contributed by atoms with Crippen molar-refractivity contribution < 1.29 is 39.5 Å². The maximum absolute atomic E-state index is 13.6. The van der Waals surface area contributed by atoms with Crippen LogP contribution in [0.1, 0.15) is 70.4 Å². The zero-order chi connectivity index (χ0) is 47.0. The first kappa shape index (κ1) is 46.4. The smallest absolute Gasteiger partial charge is 0.195 e. The van der Waals surface area contributed by atoms with Crippen LogP contribution in [0.3, 0.4) is 0 Å². The Balaban J connectivity index is 0.000000170. The van der Waals surface area contributed by atoms with Gasteiger partial charge in [-0.2, -0.15) is 0 Å². The molecule has 4 heterocycles. The number of piperidine rings is 2. The number of likely N-dealkylation sites (tertiary alicyclic amines) is 2. The number of carbonyl (C=O) groups is 2. The Kier molecular flexibility index (Phi) is 14.7. The lowest BCUT2D eigenvalue weighted by Crippen LogP contribution is -2.33. The van der Waals surface area contributed by atoms with Crippen LogP contribution in [0.4, 0.5) is 0 Å². The van der Waals surface area contributed by atoms with Gasteiger partial charge in [-0.1, -0.05) is 12.8 Å². The molecule has 10 nitrogen and oxygen atoms in total. The highest BCUT2D eigenvalue weighted by molar-refractivity contribution is 7.23. The lowest BCUT2D eigenvalue weighted by atomic mass is 9.97. The second-order valence-electron chi connectivity index (χ2n) is 17.3. The van der Waals surface area contributed by atoms with E-state index >= 15 is 0 Å². The number of ether oxygens (including phenoxy) is 2. The summed E-state index contributed by atoms with van der Waals surface area (Å²) < 4.78 is 13.5. The van der Waals surface area contributed by atoms with Crippen LogP contribution in [0, 0.1) is 0 Å². The van der Waals surface area contributed by atoms with Gasteiger partial charge in [0.25, 0.3) is 0 Å². The van der Waals surface area contributed by atoms with Gasteiger partial charge in [-0.15, -0.1) is 22.7 Å². The first-order chi connectivity index (χ1) is 33.2. The lowest BCUT2D eigenvalue weighted by Gasteiger charge is -2.26. The molecule has 8 aromatic rings. The fraction of sp³-hybridized carbons (Fsp3) is 0.250. The van der Waals surface area contributed by atoms with E-state index in [2.05, 4.69) is 9.80 Å². The predicted octanol–water partition coefficient (Wildman–Crippen LogP) is 12.2.